The lowest BCUT2D eigenvalue weighted by Crippen LogP contribution is -2.29. The van der Waals surface area contributed by atoms with E-state index in [-0.39, 0.29) is 0 Å². The SMILES string of the molecule is CC(C)(c1ccc(CC2CCNCC2)cc1)S(C)(=O)=O. The van der Waals surface area contributed by atoms with E-state index in [1.165, 1.54) is 24.7 Å². The summed E-state index contributed by atoms with van der Waals surface area (Å²) in [6, 6.07) is 8.11. The highest BCUT2D eigenvalue weighted by Crippen LogP contribution is 2.29. The van der Waals surface area contributed by atoms with Crippen LogP contribution in [0.4, 0.5) is 0 Å². The fourth-order valence-corrected chi connectivity index (χ4v) is 3.24. The predicted molar refractivity (Wildman–Crippen MR) is 83.6 cm³/mol. The van der Waals surface area contributed by atoms with Gasteiger partial charge in [0.15, 0.2) is 9.84 Å². The Morgan fingerprint density at radius 1 is 1.15 bits per heavy atom. The van der Waals surface area contributed by atoms with E-state index in [0.717, 1.165) is 31.0 Å². The Kier molecular flexibility index (Phi) is 4.55. The molecule has 1 fully saturated rings. The minimum atomic E-state index is -3.10. The van der Waals surface area contributed by atoms with E-state index in [9.17, 15) is 8.42 Å². The van der Waals surface area contributed by atoms with Crippen molar-refractivity contribution in [3.8, 4) is 0 Å². The Labute approximate surface area is 122 Å². The minimum Gasteiger partial charge on any atom is -0.317 e. The lowest BCUT2D eigenvalue weighted by atomic mass is 9.90. The van der Waals surface area contributed by atoms with Gasteiger partial charge in [0.05, 0.1) is 4.75 Å². The van der Waals surface area contributed by atoms with Crippen molar-refractivity contribution in [3.05, 3.63) is 35.4 Å². The molecule has 1 aromatic carbocycles. The molecule has 0 spiro atoms. The van der Waals surface area contributed by atoms with Crippen molar-refractivity contribution < 1.29 is 8.42 Å². The summed E-state index contributed by atoms with van der Waals surface area (Å²) in [7, 11) is -3.10. The summed E-state index contributed by atoms with van der Waals surface area (Å²) in [5.41, 5.74) is 2.18. The number of benzene rings is 1. The van der Waals surface area contributed by atoms with Crippen LogP contribution in [0.1, 0.15) is 37.8 Å². The Morgan fingerprint density at radius 2 is 1.70 bits per heavy atom. The van der Waals surface area contributed by atoms with Crippen molar-refractivity contribution in [2.24, 2.45) is 5.92 Å². The molecule has 1 heterocycles. The average Bonchev–Trinajstić information content (AvgIpc) is 2.39. The molecule has 0 radical (unpaired) electrons. The topological polar surface area (TPSA) is 46.2 Å². The maximum absolute atomic E-state index is 11.8. The Bertz CT molecular complexity index is 540. The van der Waals surface area contributed by atoms with Crippen LogP contribution in [-0.4, -0.2) is 27.8 Å². The van der Waals surface area contributed by atoms with Gasteiger partial charge in [-0.1, -0.05) is 24.3 Å². The molecule has 0 aliphatic carbocycles. The van der Waals surface area contributed by atoms with E-state index in [1.54, 1.807) is 13.8 Å². The summed E-state index contributed by atoms with van der Waals surface area (Å²) < 4.78 is 22.9. The quantitative estimate of drug-likeness (QED) is 0.928. The van der Waals surface area contributed by atoms with Crippen LogP contribution in [0, 0.1) is 5.92 Å². The first kappa shape index (κ1) is 15.5. The molecule has 0 bridgehead atoms. The first-order chi connectivity index (χ1) is 9.30. The highest BCUT2D eigenvalue weighted by molar-refractivity contribution is 7.91. The number of sulfone groups is 1. The fraction of sp³-hybridized carbons (Fsp3) is 0.625. The monoisotopic (exact) mass is 295 g/mol. The van der Waals surface area contributed by atoms with Crippen LogP contribution >= 0.6 is 0 Å². The van der Waals surface area contributed by atoms with Crippen LogP contribution in [-0.2, 0) is 21.0 Å². The summed E-state index contributed by atoms with van der Waals surface area (Å²) in [5.74, 6) is 0.755. The number of nitrogens with one attached hydrogen (secondary N) is 1. The summed E-state index contributed by atoms with van der Waals surface area (Å²) in [4.78, 5) is 0. The van der Waals surface area contributed by atoms with E-state index in [0.29, 0.717) is 0 Å². The first-order valence-corrected chi connectivity index (χ1v) is 9.19. The molecule has 112 valence electrons. The van der Waals surface area contributed by atoms with Gasteiger partial charge in [0.2, 0.25) is 0 Å². The van der Waals surface area contributed by atoms with Crippen molar-refractivity contribution in [1.29, 1.82) is 0 Å². The number of hydrogen-bond acceptors (Lipinski definition) is 3. The van der Waals surface area contributed by atoms with Gasteiger partial charge in [0.1, 0.15) is 0 Å². The standard InChI is InChI=1S/C16H25NO2S/c1-16(2,20(3,18)19)15-6-4-13(5-7-15)12-14-8-10-17-11-9-14/h4-7,14,17H,8-12H2,1-3H3. The van der Waals surface area contributed by atoms with Crippen LogP contribution in [0.5, 0.6) is 0 Å². The molecule has 4 heteroatoms. The van der Waals surface area contributed by atoms with Gasteiger partial charge in [0.25, 0.3) is 0 Å². The van der Waals surface area contributed by atoms with Gasteiger partial charge < -0.3 is 5.32 Å². The van der Waals surface area contributed by atoms with Gasteiger partial charge >= 0.3 is 0 Å². The van der Waals surface area contributed by atoms with Crippen molar-refractivity contribution >= 4 is 9.84 Å². The molecule has 20 heavy (non-hydrogen) atoms. The van der Waals surface area contributed by atoms with Gasteiger partial charge in [-0.05, 0) is 63.2 Å². The Hall–Kier alpha value is -0.870. The molecule has 0 amide bonds. The zero-order chi connectivity index (χ0) is 14.8. The van der Waals surface area contributed by atoms with Crippen LogP contribution in [0.2, 0.25) is 0 Å². The summed E-state index contributed by atoms with van der Waals surface area (Å²) in [6.45, 7) is 5.77. The van der Waals surface area contributed by atoms with Crippen LogP contribution in [0.15, 0.2) is 24.3 Å². The lowest BCUT2D eigenvalue weighted by Gasteiger charge is -2.25. The van der Waals surface area contributed by atoms with Crippen molar-refractivity contribution in [3.63, 3.8) is 0 Å². The maximum atomic E-state index is 11.8. The second-order valence-electron chi connectivity index (χ2n) is 6.38. The molecule has 3 nitrogen and oxygen atoms in total. The second kappa shape index (κ2) is 5.86. The molecule has 1 aromatic rings. The molecular formula is C16H25NO2S. The normalized spacial score (nSPS) is 18.1. The molecular weight excluding hydrogens is 270 g/mol. The maximum Gasteiger partial charge on any atom is 0.156 e. The Morgan fingerprint density at radius 3 is 2.20 bits per heavy atom. The van der Waals surface area contributed by atoms with Gasteiger partial charge in [-0.2, -0.15) is 0 Å². The van der Waals surface area contributed by atoms with E-state index >= 15 is 0 Å². The highest BCUT2D eigenvalue weighted by Gasteiger charge is 2.32. The molecule has 0 atom stereocenters. The average molecular weight is 295 g/mol. The summed E-state index contributed by atoms with van der Waals surface area (Å²) in [6.07, 6.45) is 4.87. The van der Waals surface area contributed by atoms with E-state index in [4.69, 9.17) is 0 Å². The molecule has 1 aliphatic rings. The van der Waals surface area contributed by atoms with Gasteiger partial charge in [-0.3, -0.25) is 0 Å². The zero-order valence-corrected chi connectivity index (χ0v) is 13.5. The molecule has 0 aromatic heterocycles. The summed E-state index contributed by atoms with van der Waals surface area (Å²) in [5, 5.41) is 3.38. The van der Waals surface area contributed by atoms with Crippen LogP contribution in [0.25, 0.3) is 0 Å². The smallest absolute Gasteiger partial charge is 0.156 e. The van der Waals surface area contributed by atoms with Crippen molar-refractivity contribution in [1.82, 2.24) is 5.32 Å². The summed E-state index contributed by atoms with van der Waals surface area (Å²) >= 11 is 0. The molecule has 2 rings (SSSR count). The van der Waals surface area contributed by atoms with Crippen LogP contribution in [0.3, 0.4) is 0 Å². The van der Waals surface area contributed by atoms with Crippen molar-refractivity contribution in [2.45, 2.75) is 37.9 Å². The number of piperidine rings is 1. The van der Waals surface area contributed by atoms with E-state index < -0.39 is 14.6 Å². The van der Waals surface area contributed by atoms with E-state index in [2.05, 4.69) is 17.4 Å². The van der Waals surface area contributed by atoms with Gasteiger partial charge in [-0.25, -0.2) is 8.42 Å². The third-order valence-corrected chi connectivity index (χ3v) is 6.65. The lowest BCUT2D eigenvalue weighted by molar-refractivity contribution is 0.372. The second-order valence-corrected chi connectivity index (χ2v) is 8.94. The third-order valence-electron chi connectivity index (χ3n) is 4.56. The fourth-order valence-electron chi connectivity index (χ4n) is 2.68. The number of rotatable bonds is 4. The first-order valence-electron chi connectivity index (χ1n) is 7.30. The zero-order valence-electron chi connectivity index (χ0n) is 12.6. The number of hydrogen-bond donors (Lipinski definition) is 1. The minimum absolute atomic E-state index is 0.755. The highest BCUT2D eigenvalue weighted by atomic mass is 32.2. The van der Waals surface area contributed by atoms with Gasteiger partial charge in [-0.15, -0.1) is 0 Å². The van der Waals surface area contributed by atoms with E-state index in [1.807, 2.05) is 12.1 Å². The van der Waals surface area contributed by atoms with Crippen molar-refractivity contribution in [2.75, 3.05) is 19.3 Å². The Balaban J connectivity index is 2.10. The predicted octanol–water partition coefficient (Wildman–Crippen LogP) is 2.51. The molecule has 1 saturated heterocycles. The third kappa shape index (κ3) is 3.41. The molecule has 0 unspecified atom stereocenters. The van der Waals surface area contributed by atoms with Crippen LogP contribution < -0.4 is 5.32 Å². The largest absolute Gasteiger partial charge is 0.317 e. The molecule has 0 saturated carbocycles. The van der Waals surface area contributed by atoms with Gasteiger partial charge in [0, 0.05) is 6.26 Å². The molecule has 1 N–H and O–H groups in total. The molecule has 1 aliphatic heterocycles.